The van der Waals surface area contributed by atoms with Gasteiger partial charge < -0.3 is 4.90 Å². The second-order valence-electron chi connectivity index (χ2n) is 5.29. The maximum absolute atomic E-state index is 11.2. The highest BCUT2D eigenvalue weighted by molar-refractivity contribution is 7.86. The molecule has 0 aromatic heterocycles. The topological polar surface area (TPSA) is 57.6 Å². The van der Waals surface area contributed by atoms with Gasteiger partial charge in [-0.05, 0) is 33.5 Å². The van der Waals surface area contributed by atoms with Gasteiger partial charge in [0.15, 0.2) is 0 Å². The normalized spacial score (nSPS) is 14.1. The lowest BCUT2D eigenvalue weighted by atomic mass is 10.1. The van der Waals surface area contributed by atoms with Crippen LogP contribution < -0.4 is 0 Å². The number of hydrogen-bond donors (Lipinski definition) is 1. The first kappa shape index (κ1) is 17.9. The number of nitrogens with zero attached hydrogens (tertiary/aromatic N) is 1. The average Bonchev–Trinajstić information content (AvgIpc) is 2.25. The maximum atomic E-state index is 11.2. The van der Waals surface area contributed by atoms with Crippen molar-refractivity contribution in [3.05, 3.63) is 0 Å². The van der Waals surface area contributed by atoms with Crippen molar-refractivity contribution in [3.63, 3.8) is 0 Å². The minimum atomic E-state index is -3.88. The highest BCUT2D eigenvalue weighted by atomic mass is 32.2. The Balaban J connectivity index is 3.88. The molecule has 0 radical (unpaired) electrons. The Morgan fingerprint density at radius 3 is 2.06 bits per heavy atom. The number of rotatable bonds is 11. The van der Waals surface area contributed by atoms with Gasteiger partial charge in [-0.2, -0.15) is 8.42 Å². The maximum Gasteiger partial charge on any atom is 0.267 e. The van der Waals surface area contributed by atoms with Gasteiger partial charge in [-0.25, -0.2) is 0 Å². The second-order valence-corrected chi connectivity index (χ2v) is 6.98. The van der Waals surface area contributed by atoms with Crippen LogP contribution in [-0.2, 0) is 10.1 Å². The van der Waals surface area contributed by atoms with Crippen LogP contribution in [0.2, 0.25) is 0 Å². The molecule has 0 aromatic carbocycles. The van der Waals surface area contributed by atoms with Crippen molar-refractivity contribution in [2.45, 2.75) is 63.5 Å². The highest BCUT2D eigenvalue weighted by Gasteiger charge is 2.22. The van der Waals surface area contributed by atoms with Crippen LogP contribution in [0, 0.1) is 0 Å². The summed E-state index contributed by atoms with van der Waals surface area (Å²) in [6.45, 7) is 2.87. The van der Waals surface area contributed by atoms with E-state index >= 15 is 0 Å². The molecule has 0 saturated carbocycles. The van der Waals surface area contributed by atoms with E-state index in [-0.39, 0.29) is 0 Å². The van der Waals surface area contributed by atoms with Gasteiger partial charge in [0.1, 0.15) is 0 Å². The zero-order valence-corrected chi connectivity index (χ0v) is 12.9. The lowest BCUT2D eigenvalue weighted by Crippen LogP contribution is -2.26. The van der Waals surface area contributed by atoms with Crippen molar-refractivity contribution in [2.24, 2.45) is 0 Å². The Kier molecular flexibility index (Phi) is 9.68. The molecule has 5 heteroatoms. The molecule has 0 heterocycles. The van der Waals surface area contributed by atoms with E-state index < -0.39 is 15.4 Å². The van der Waals surface area contributed by atoms with Gasteiger partial charge in [-0.15, -0.1) is 0 Å². The summed E-state index contributed by atoms with van der Waals surface area (Å²) in [5, 5.41) is -0.592. The third kappa shape index (κ3) is 9.85. The monoisotopic (exact) mass is 279 g/mol. The van der Waals surface area contributed by atoms with Crippen molar-refractivity contribution < 1.29 is 13.0 Å². The van der Waals surface area contributed by atoms with Crippen molar-refractivity contribution >= 4 is 10.1 Å². The highest BCUT2D eigenvalue weighted by Crippen LogP contribution is 2.15. The van der Waals surface area contributed by atoms with Crippen LogP contribution in [0.4, 0.5) is 0 Å². The molecule has 0 rings (SSSR count). The summed E-state index contributed by atoms with van der Waals surface area (Å²) in [5.74, 6) is 0. The smallest absolute Gasteiger partial charge is 0.267 e. The molecule has 1 N–H and O–H groups in total. The van der Waals surface area contributed by atoms with Gasteiger partial charge in [-0.1, -0.05) is 45.4 Å². The molecule has 0 aromatic rings. The molecule has 0 saturated heterocycles. The molecule has 0 aliphatic carbocycles. The third-order valence-corrected chi connectivity index (χ3v) is 4.51. The molecule has 0 aliphatic rings. The minimum absolute atomic E-state index is 0.515. The molecule has 0 fully saturated rings. The summed E-state index contributed by atoms with van der Waals surface area (Å²) in [5.41, 5.74) is 0. The van der Waals surface area contributed by atoms with Gasteiger partial charge in [0.05, 0.1) is 5.25 Å². The molecule has 0 spiro atoms. The van der Waals surface area contributed by atoms with Crippen molar-refractivity contribution in [1.29, 1.82) is 0 Å². The lowest BCUT2D eigenvalue weighted by Gasteiger charge is -2.16. The van der Waals surface area contributed by atoms with Gasteiger partial charge >= 0.3 is 0 Å². The van der Waals surface area contributed by atoms with Crippen molar-refractivity contribution in [1.82, 2.24) is 4.90 Å². The standard InChI is InChI=1S/C13H29NO3S/c1-4-5-6-7-8-9-10-13(18(15,16)17)11-12-14(2)3/h13H,4-12H2,1-3H3,(H,15,16,17). The van der Waals surface area contributed by atoms with E-state index in [0.29, 0.717) is 19.4 Å². The fraction of sp³-hybridized carbons (Fsp3) is 1.00. The SMILES string of the molecule is CCCCCCCCC(CCN(C)C)S(=O)(=O)O. The predicted octanol–water partition coefficient (Wildman–Crippen LogP) is 2.95. The van der Waals surface area contributed by atoms with Gasteiger partial charge in [0, 0.05) is 0 Å². The fourth-order valence-corrected chi connectivity index (χ4v) is 2.86. The molecule has 1 atom stereocenters. The van der Waals surface area contributed by atoms with Gasteiger partial charge in [0.25, 0.3) is 10.1 Å². The van der Waals surface area contributed by atoms with E-state index in [1.165, 1.54) is 25.7 Å². The summed E-state index contributed by atoms with van der Waals surface area (Å²) in [4.78, 5) is 1.94. The van der Waals surface area contributed by atoms with E-state index in [1.54, 1.807) is 0 Å². The van der Waals surface area contributed by atoms with Crippen LogP contribution in [0.3, 0.4) is 0 Å². The van der Waals surface area contributed by atoms with E-state index in [4.69, 9.17) is 0 Å². The summed E-state index contributed by atoms with van der Waals surface area (Å²) in [6.07, 6.45) is 7.92. The summed E-state index contributed by atoms with van der Waals surface area (Å²) >= 11 is 0. The average molecular weight is 279 g/mol. The van der Waals surface area contributed by atoms with E-state index in [2.05, 4.69) is 6.92 Å². The molecule has 110 valence electrons. The minimum Gasteiger partial charge on any atom is -0.309 e. The Hall–Kier alpha value is -0.130. The largest absolute Gasteiger partial charge is 0.309 e. The van der Waals surface area contributed by atoms with Crippen LogP contribution in [-0.4, -0.2) is 43.8 Å². The van der Waals surface area contributed by atoms with Crippen molar-refractivity contribution in [3.8, 4) is 0 Å². The first-order valence-corrected chi connectivity index (χ1v) is 8.49. The Labute approximate surface area is 113 Å². The van der Waals surface area contributed by atoms with Crippen LogP contribution in [0.25, 0.3) is 0 Å². The number of unbranched alkanes of at least 4 members (excludes halogenated alkanes) is 5. The van der Waals surface area contributed by atoms with Crippen LogP contribution in [0.5, 0.6) is 0 Å². The third-order valence-electron chi connectivity index (χ3n) is 3.20. The molecule has 4 nitrogen and oxygen atoms in total. The lowest BCUT2D eigenvalue weighted by molar-refractivity contribution is 0.377. The summed E-state index contributed by atoms with van der Waals surface area (Å²) < 4.78 is 31.7. The fourth-order valence-electron chi connectivity index (χ4n) is 2.00. The van der Waals surface area contributed by atoms with Crippen LogP contribution in [0.15, 0.2) is 0 Å². The Morgan fingerprint density at radius 2 is 1.56 bits per heavy atom. The number of hydrogen-bond acceptors (Lipinski definition) is 3. The predicted molar refractivity (Wildman–Crippen MR) is 76.5 cm³/mol. The first-order chi connectivity index (χ1) is 8.38. The summed E-state index contributed by atoms with van der Waals surface area (Å²) in [7, 11) is -0.0676. The van der Waals surface area contributed by atoms with Gasteiger partial charge in [0.2, 0.25) is 0 Å². The Morgan fingerprint density at radius 1 is 1.00 bits per heavy atom. The molecule has 0 amide bonds. The molecule has 0 bridgehead atoms. The molecule has 0 aliphatic heterocycles. The molecule has 1 unspecified atom stereocenters. The zero-order valence-electron chi connectivity index (χ0n) is 12.1. The zero-order chi connectivity index (χ0) is 14.0. The molecule has 18 heavy (non-hydrogen) atoms. The van der Waals surface area contributed by atoms with Gasteiger partial charge in [-0.3, -0.25) is 4.55 Å². The summed E-state index contributed by atoms with van der Waals surface area (Å²) in [6, 6.07) is 0. The van der Waals surface area contributed by atoms with E-state index in [0.717, 1.165) is 12.8 Å². The first-order valence-electron chi connectivity index (χ1n) is 6.99. The van der Waals surface area contributed by atoms with E-state index in [9.17, 15) is 13.0 Å². The van der Waals surface area contributed by atoms with E-state index in [1.807, 2.05) is 19.0 Å². The quantitative estimate of drug-likeness (QED) is 0.466. The van der Waals surface area contributed by atoms with Crippen LogP contribution in [0.1, 0.15) is 58.3 Å². The van der Waals surface area contributed by atoms with Crippen molar-refractivity contribution in [2.75, 3.05) is 20.6 Å². The Bertz CT molecular complexity index is 289. The molecular weight excluding hydrogens is 250 g/mol. The van der Waals surface area contributed by atoms with Crippen LogP contribution >= 0.6 is 0 Å². The molecular formula is C13H29NO3S. The second kappa shape index (κ2) is 9.75.